The van der Waals surface area contributed by atoms with Gasteiger partial charge in [0.1, 0.15) is 0 Å². The minimum Gasteiger partial charge on any atom is -0.379 e. The van der Waals surface area contributed by atoms with Crippen LogP contribution in [-0.4, -0.2) is 83.0 Å². The molecule has 9 nitrogen and oxygen atoms in total. The molecule has 11 heteroatoms. The standard InChI is InChI=1S/C19H29N3O6S2/c23-19(20-8-15-29(24,25)21-11-13-28-14-12-21)17-6-5-7-18(16-17)30(26,27)22-9-3-1-2-4-10-22/h5-7,16H,1-4,8-15H2,(H,20,23). The molecule has 0 bridgehead atoms. The minimum atomic E-state index is -3.66. The van der Waals surface area contributed by atoms with Crippen LogP contribution in [0.3, 0.4) is 0 Å². The number of nitrogens with zero attached hydrogens (tertiary/aromatic N) is 2. The minimum absolute atomic E-state index is 0.0539. The van der Waals surface area contributed by atoms with Gasteiger partial charge in [0.05, 0.1) is 23.9 Å². The van der Waals surface area contributed by atoms with Crippen LogP contribution >= 0.6 is 0 Å². The predicted octanol–water partition coefficient (Wildman–Crippen LogP) is 0.643. The van der Waals surface area contributed by atoms with Crippen LogP contribution in [0.4, 0.5) is 0 Å². The van der Waals surface area contributed by atoms with Gasteiger partial charge in [-0.2, -0.15) is 8.61 Å². The van der Waals surface area contributed by atoms with E-state index < -0.39 is 26.0 Å². The summed E-state index contributed by atoms with van der Waals surface area (Å²) < 4.78 is 58.5. The fourth-order valence-electron chi connectivity index (χ4n) is 3.58. The van der Waals surface area contributed by atoms with Crippen LogP contribution in [0.1, 0.15) is 36.0 Å². The van der Waals surface area contributed by atoms with E-state index in [1.165, 1.54) is 32.9 Å². The molecule has 2 saturated heterocycles. The molecule has 0 aliphatic carbocycles. The van der Waals surface area contributed by atoms with E-state index in [1.54, 1.807) is 0 Å². The normalized spacial score (nSPS) is 19.9. The van der Waals surface area contributed by atoms with Crippen molar-refractivity contribution in [3.05, 3.63) is 29.8 Å². The Hall–Kier alpha value is -1.53. The van der Waals surface area contributed by atoms with Crippen molar-refractivity contribution >= 4 is 26.0 Å². The largest absolute Gasteiger partial charge is 0.379 e. The van der Waals surface area contributed by atoms with Gasteiger partial charge in [-0.1, -0.05) is 18.9 Å². The fourth-order valence-corrected chi connectivity index (χ4v) is 6.47. The lowest BCUT2D eigenvalue weighted by atomic mass is 10.2. The van der Waals surface area contributed by atoms with Gasteiger partial charge < -0.3 is 10.1 Å². The van der Waals surface area contributed by atoms with Crippen LogP contribution in [0, 0.1) is 0 Å². The van der Waals surface area contributed by atoms with E-state index in [9.17, 15) is 21.6 Å². The van der Waals surface area contributed by atoms with Crippen molar-refractivity contribution in [2.45, 2.75) is 30.6 Å². The third kappa shape index (κ3) is 5.79. The molecule has 30 heavy (non-hydrogen) atoms. The molecule has 2 aliphatic rings. The van der Waals surface area contributed by atoms with E-state index in [0.717, 1.165) is 25.7 Å². The molecule has 1 N–H and O–H groups in total. The Labute approximate surface area is 178 Å². The Balaban J connectivity index is 1.61. The number of carbonyl (C=O) groups is 1. The van der Waals surface area contributed by atoms with Crippen molar-refractivity contribution < 1.29 is 26.4 Å². The Bertz CT molecular complexity index is 935. The number of hydrogen-bond donors (Lipinski definition) is 1. The van der Waals surface area contributed by atoms with Crippen molar-refractivity contribution in [2.75, 3.05) is 51.7 Å². The molecule has 0 spiro atoms. The van der Waals surface area contributed by atoms with E-state index in [1.807, 2.05) is 0 Å². The number of carbonyl (C=O) groups excluding carboxylic acids is 1. The van der Waals surface area contributed by atoms with Gasteiger partial charge in [0.25, 0.3) is 5.91 Å². The van der Waals surface area contributed by atoms with Gasteiger partial charge in [0, 0.05) is 38.3 Å². The lowest BCUT2D eigenvalue weighted by Crippen LogP contribution is -2.43. The second kappa shape index (κ2) is 10.2. The third-order valence-corrected chi connectivity index (χ3v) is 9.07. The van der Waals surface area contributed by atoms with Crippen molar-refractivity contribution in [3.8, 4) is 0 Å². The number of nitrogens with one attached hydrogen (secondary N) is 1. The number of rotatable bonds is 7. The van der Waals surface area contributed by atoms with E-state index >= 15 is 0 Å². The van der Waals surface area contributed by atoms with Crippen molar-refractivity contribution in [1.29, 1.82) is 0 Å². The summed E-state index contributed by atoms with van der Waals surface area (Å²) in [5, 5.41) is 2.58. The molecule has 0 aromatic heterocycles. The number of amides is 1. The summed E-state index contributed by atoms with van der Waals surface area (Å²) in [4.78, 5) is 12.6. The van der Waals surface area contributed by atoms with E-state index in [2.05, 4.69) is 5.32 Å². The van der Waals surface area contributed by atoms with Crippen LogP contribution in [0.25, 0.3) is 0 Å². The van der Waals surface area contributed by atoms with Crippen LogP contribution in [0.15, 0.2) is 29.2 Å². The zero-order chi connectivity index (χ0) is 21.6. The molecule has 0 saturated carbocycles. The van der Waals surface area contributed by atoms with Crippen molar-refractivity contribution in [1.82, 2.24) is 13.9 Å². The summed E-state index contributed by atoms with van der Waals surface area (Å²) in [6, 6.07) is 5.89. The molecular formula is C19H29N3O6S2. The first kappa shape index (κ1) is 23.1. The van der Waals surface area contributed by atoms with Gasteiger partial charge in [0.15, 0.2) is 0 Å². The Kier molecular flexibility index (Phi) is 7.86. The number of hydrogen-bond acceptors (Lipinski definition) is 6. The highest BCUT2D eigenvalue weighted by atomic mass is 32.2. The summed E-state index contributed by atoms with van der Waals surface area (Å²) in [5.74, 6) is -0.718. The molecule has 168 valence electrons. The first-order valence-electron chi connectivity index (χ1n) is 10.2. The number of morpholine rings is 1. The second-order valence-corrected chi connectivity index (χ2v) is 11.5. The molecule has 0 unspecified atom stereocenters. The number of benzene rings is 1. The average Bonchev–Trinajstić information content (AvgIpc) is 3.04. The summed E-state index contributed by atoms with van der Waals surface area (Å²) in [5.41, 5.74) is 0.190. The third-order valence-electron chi connectivity index (χ3n) is 5.31. The zero-order valence-electron chi connectivity index (χ0n) is 17.0. The van der Waals surface area contributed by atoms with Gasteiger partial charge in [-0.05, 0) is 31.0 Å². The van der Waals surface area contributed by atoms with Crippen LogP contribution < -0.4 is 5.32 Å². The van der Waals surface area contributed by atoms with Gasteiger partial charge in [-0.25, -0.2) is 16.8 Å². The maximum Gasteiger partial charge on any atom is 0.251 e. The second-order valence-electron chi connectivity index (χ2n) is 7.43. The molecule has 1 amide bonds. The highest BCUT2D eigenvalue weighted by molar-refractivity contribution is 7.89. The molecule has 1 aromatic rings. The van der Waals surface area contributed by atoms with E-state index in [0.29, 0.717) is 39.4 Å². The Morgan fingerprint density at radius 3 is 2.27 bits per heavy atom. The number of sulfonamides is 2. The first-order valence-corrected chi connectivity index (χ1v) is 13.3. The van der Waals surface area contributed by atoms with Gasteiger partial charge in [-0.15, -0.1) is 0 Å². The maximum absolute atomic E-state index is 12.9. The summed E-state index contributed by atoms with van der Waals surface area (Å²) >= 11 is 0. The number of ether oxygens (including phenoxy) is 1. The molecule has 2 fully saturated rings. The maximum atomic E-state index is 12.9. The first-order chi connectivity index (χ1) is 14.3. The Morgan fingerprint density at radius 2 is 1.60 bits per heavy atom. The quantitative estimate of drug-likeness (QED) is 0.640. The molecule has 0 atom stereocenters. The Morgan fingerprint density at radius 1 is 0.933 bits per heavy atom. The van der Waals surface area contributed by atoms with Crippen LogP contribution in [0.2, 0.25) is 0 Å². The SMILES string of the molecule is O=C(NCCS(=O)(=O)N1CCOCC1)c1cccc(S(=O)(=O)N2CCCCCC2)c1. The van der Waals surface area contributed by atoms with E-state index in [-0.39, 0.29) is 22.8 Å². The summed E-state index contributed by atoms with van der Waals surface area (Å²) in [7, 11) is -7.14. The van der Waals surface area contributed by atoms with Crippen LogP contribution in [0.5, 0.6) is 0 Å². The van der Waals surface area contributed by atoms with Gasteiger partial charge in [-0.3, -0.25) is 4.79 Å². The van der Waals surface area contributed by atoms with Crippen molar-refractivity contribution in [2.24, 2.45) is 0 Å². The molecule has 2 aliphatic heterocycles. The topological polar surface area (TPSA) is 113 Å². The highest BCUT2D eigenvalue weighted by Gasteiger charge is 2.26. The summed E-state index contributed by atoms with van der Waals surface area (Å²) in [6.45, 7) is 2.27. The van der Waals surface area contributed by atoms with Crippen molar-refractivity contribution in [3.63, 3.8) is 0 Å². The smallest absolute Gasteiger partial charge is 0.251 e. The molecule has 1 aromatic carbocycles. The van der Waals surface area contributed by atoms with Gasteiger partial charge >= 0.3 is 0 Å². The average molecular weight is 460 g/mol. The monoisotopic (exact) mass is 459 g/mol. The zero-order valence-corrected chi connectivity index (χ0v) is 18.6. The summed E-state index contributed by atoms with van der Waals surface area (Å²) in [6.07, 6.45) is 3.69. The fraction of sp³-hybridized carbons (Fsp3) is 0.632. The van der Waals surface area contributed by atoms with Crippen LogP contribution in [-0.2, 0) is 24.8 Å². The highest BCUT2D eigenvalue weighted by Crippen LogP contribution is 2.21. The van der Waals surface area contributed by atoms with E-state index in [4.69, 9.17) is 4.74 Å². The van der Waals surface area contributed by atoms with Gasteiger partial charge in [0.2, 0.25) is 20.0 Å². The molecule has 2 heterocycles. The predicted molar refractivity (Wildman–Crippen MR) is 112 cm³/mol. The molecular weight excluding hydrogens is 430 g/mol. The lowest BCUT2D eigenvalue weighted by Gasteiger charge is -2.26. The lowest BCUT2D eigenvalue weighted by molar-refractivity contribution is 0.0730. The molecule has 0 radical (unpaired) electrons. The molecule has 3 rings (SSSR count).